The van der Waals surface area contributed by atoms with Crippen LogP contribution in [-0.4, -0.2) is 23.4 Å². The number of nitrogens with zero attached hydrogens (tertiary/aromatic N) is 1. The van der Waals surface area contributed by atoms with Gasteiger partial charge in [-0.25, -0.2) is 0 Å². The number of carbonyl (C=O) groups excluding carboxylic acids is 1. The van der Waals surface area contributed by atoms with Crippen LogP contribution in [0.3, 0.4) is 0 Å². The lowest BCUT2D eigenvalue weighted by atomic mass is 9.99. The van der Waals surface area contributed by atoms with Crippen molar-refractivity contribution in [3.8, 4) is 0 Å². The van der Waals surface area contributed by atoms with Crippen LogP contribution in [0.2, 0.25) is 0 Å². The second-order valence-electron chi connectivity index (χ2n) is 5.63. The number of aromatic nitrogens is 1. The highest BCUT2D eigenvalue weighted by Gasteiger charge is 2.27. The minimum absolute atomic E-state index is 0.292. The van der Waals surface area contributed by atoms with Crippen molar-refractivity contribution >= 4 is 5.78 Å². The Morgan fingerprint density at radius 3 is 2.61 bits per heavy atom. The van der Waals surface area contributed by atoms with Gasteiger partial charge in [0, 0.05) is 18.2 Å². The molecule has 0 aromatic carbocycles. The molecular formula is C15H22N2O. The molecule has 1 N–H and O–H groups in total. The number of hydrogen-bond acceptors (Lipinski definition) is 2. The molecule has 2 heterocycles. The lowest BCUT2D eigenvalue weighted by Gasteiger charge is -2.26. The summed E-state index contributed by atoms with van der Waals surface area (Å²) in [4.78, 5) is 12.5. The third-order valence-corrected chi connectivity index (χ3v) is 4.46. The molecule has 1 aromatic rings. The summed E-state index contributed by atoms with van der Waals surface area (Å²) in [6.45, 7) is 2.14. The number of nitrogens with one attached hydrogen (secondary N) is 1. The van der Waals surface area contributed by atoms with E-state index in [-0.39, 0.29) is 0 Å². The molecule has 0 amide bonds. The van der Waals surface area contributed by atoms with Gasteiger partial charge >= 0.3 is 0 Å². The molecular weight excluding hydrogens is 224 g/mol. The van der Waals surface area contributed by atoms with Crippen molar-refractivity contribution in [2.75, 3.05) is 13.1 Å². The maximum atomic E-state index is 12.5. The van der Waals surface area contributed by atoms with E-state index in [4.69, 9.17) is 0 Å². The van der Waals surface area contributed by atoms with Crippen molar-refractivity contribution in [1.29, 1.82) is 0 Å². The largest absolute Gasteiger partial charge is 0.342 e. The van der Waals surface area contributed by atoms with Crippen LogP contribution in [0.15, 0.2) is 18.3 Å². The van der Waals surface area contributed by atoms with Crippen LogP contribution in [0, 0.1) is 5.92 Å². The Hall–Kier alpha value is -1.09. The van der Waals surface area contributed by atoms with E-state index in [0.29, 0.717) is 17.7 Å². The zero-order chi connectivity index (χ0) is 12.4. The van der Waals surface area contributed by atoms with E-state index >= 15 is 0 Å². The molecule has 2 aliphatic rings. The molecule has 1 aliphatic carbocycles. The zero-order valence-electron chi connectivity index (χ0n) is 10.9. The van der Waals surface area contributed by atoms with Gasteiger partial charge in [0.05, 0.1) is 5.69 Å². The maximum Gasteiger partial charge on any atom is 0.182 e. The van der Waals surface area contributed by atoms with E-state index in [0.717, 1.165) is 44.5 Å². The van der Waals surface area contributed by atoms with Crippen LogP contribution < -0.4 is 5.32 Å². The Morgan fingerprint density at radius 1 is 1.17 bits per heavy atom. The van der Waals surface area contributed by atoms with E-state index in [1.807, 2.05) is 12.1 Å². The summed E-state index contributed by atoms with van der Waals surface area (Å²) >= 11 is 0. The fraction of sp³-hybridized carbons (Fsp3) is 0.667. The molecule has 3 rings (SSSR count). The smallest absolute Gasteiger partial charge is 0.182 e. The van der Waals surface area contributed by atoms with Gasteiger partial charge in [-0.2, -0.15) is 0 Å². The summed E-state index contributed by atoms with van der Waals surface area (Å²) in [6, 6.07) is 4.56. The van der Waals surface area contributed by atoms with E-state index in [1.54, 1.807) is 0 Å². The molecule has 3 heteroatoms. The van der Waals surface area contributed by atoms with Crippen LogP contribution >= 0.6 is 0 Å². The molecule has 1 saturated heterocycles. The van der Waals surface area contributed by atoms with Crippen molar-refractivity contribution in [2.24, 2.45) is 5.92 Å². The van der Waals surface area contributed by atoms with Crippen LogP contribution in [0.1, 0.15) is 55.1 Å². The molecule has 0 spiro atoms. The zero-order valence-corrected chi connectivity index (χ0v) is 10.9. The standard InChI is InChI=1S/C15H22N2O/c18-15(12-4-1-2-5-12)14-6-3-11-17(14)13-7-9-16-10-8-13/h3,6,11-13,16H,1-2,4-5,7-10H2. The molecule has 2 fully saturated rings. The maximum absolute atomic E-state index is 12.5. The Morgan fingerprint density at radius 2 is 1.89 bits per heavy atom. The Bertz CT molecular complexity index is 412. The van der Waals surface area contributed by atoms with Crippen LogP contribution in [0.25, 0.3) is 0 Å². The van der Waals surface area contributed by atoms with Gasteiger partial charge in [0.25, 0.3) is 0 Å². The van der Waals surface area contributed by atoms with Gasteiger partial charge in [0.15, 0.2) is 5.78 Å². The molecule has 0 atom stereocenters. The third-order valence-electron chi connectivity index (χ3n) is 4.46. The fourth-order valence-corrected chi connectivity index (χ4v) is 3.40. The Kier molecular flexibility index (Phi) is 3.50. The second kappa shape index (κ2) is 5.27. The number of ketones is 1. The van der Waals surface area contributed by atoms with E-state index in [9.17, 15) is 4.79 Å². The van der Waals surface area contributed by atoms with Gasteiger partial charge in [-0.15, -0.1) is 0 Å². The molecule has 1 saturated carbocycles. The molecule has 0 bridgehead atoms. The second-order valence-corrected chi connectivity index (χ2v) is 5.63. The van der Waals surface area contributed by atoms with E-state index in [1.165, 1.54) is 12.8 Å². The van der Waals surface area contributed by atoms with Gasteiger partial charge in [-0.3, -0.25) is 4.79 Å². The number of Topliss-reactive ketones (excluding diaryl/α,β-unsaturated/α-hetero) is 1. The van der Waals surface area contributed by atoms with E-state index < -0.39 is 0 Å². The number of piperidine rings is 1. The molecule has 1 aliphatic heterocycles. The number of rotatable bonds is 3. The first-order valence-electron chi connectivity index (χ1n) is 7.28. The summed E-state index contributed by atoms with van der Waals surface area (Å²) in [7, 11) is 0. The average Bonchev–Trinajstić information content (AvgIpc) is 3.10. The molecule has 0 radical (unpaired) electrons. The van der Waals surface area contributed by atoms with Crippen LogP contribution in [0.4, 0.5) is 0 Å². The average molecular weight is 246 g/mol. The summed E-state index contributed by atoms with van der Waals surface area (Å²) in [5.41, 5.74) is 0.953. The molecule has 18 heavy (non-hydrogen) atoms. The third kappa shape index (κ3) is 2.24. The number of hydrogen-bond donors (Lipinski definition) is 1. The highest BCUT2D eigenvalue weighted by atomic mass is 16.1. The highest BCUT2D eigenvalue weighted by Crippen LogP contribution is 2.30. The molecule has 98 valence electrons. The van der Waals surface area contributed by atoms with E-state index in [2.05, 4.69) is 16.1 Å². The molecule has 3 nitrogen and oxygen atoms in total. The van der Waals surface area contributed by atoms with Gasteiger partial charge in [-0.05, 0) is 50.9 Å². The van der Waals surface area contributed by atoms with Crippen molar-refractivity contribution in [2.45, 2.75) is 44.6 Å². The lowest BCUT2D eigenvalue weighted by molar-refractivity contribution is 0.0909. The van der Waals surface area contributed by atoms with Gasteiger partial charge < -0.3 is 9.88 Å². The van der Waals surface area contributed by atoms with Crippen LogP contribution in [-0.2, 0) is 0 Å². The van der Waals surface area contributed by atoms with Crippen molar-refractivity contribution < 1.29 is 4.79 Å². The highest BCUT2D eigenvalue weighted by molar-refractivity contribution is 5.96. The quantitative estimate of drug-likeness (QED) is 0.832. The van der Waals surface area contributed by atoms with Crippen LogP contribution in [0.5, 0.6) is 0 Å². The minimum Gasteiger partial charge on any atom is -0.342 e. The topological polar surface area (TPSA) is 34.0 Å². The summed E-state index contributed by atoms with van der Waals surface area (Å²) in [5, 5.41) is 3.38. The van der Waals surface area contributed by atoms with Gasteiger partial charge in [-0.1, -0.05) is 12.8 Å². The van der Waals surface area contributed by atoms with Gasteiger partial charge in [0.1, 0.15) is 0 Å². The fourth-order valence-electron chi connectivity index (χ4n) is 3.40. The minimum atomic E-state index is 0.292. The first-order chi connectivity index (χ1) is 8.86. The van der Waals surface area contributed by atoms with Crippen molar-refractivity contribution in [1.82, 2.24) is 9.88 Å². The predicted molar refractivity (Wildman–Crippen MR) is 71.9 cm³/mol. The predicted octanol–water partition coefficient (Wildman–Crippen LogP) is 2.79. The summed E-state index contributed by atoms with van der Waals surface area (Å²) in [6.07, 6.45) is 9.01. The first-order valence-corrected chi connectivity index (χ1v) is 7.28. The summed E-state index contributed by atoms with van der Waals surface area (Å²) in [5.74, 6) is 0.677. The number of carbonyl (C=O) groups is 1. The Labute approximate surface area is 109 Å². The van der Waals surface area contributed by atoms with Gasteiger partial charge in [0.2, 0.25) is 0 Å². The molecule has 0 unspecified atom stereocenters. The molecule has 1 aromatic heterocycles. The lowest BCUT2D eigenvalue weighted by Crippen LogP contribution is -2.30. The first kappa shape index (κ1) is 12.0. The van der Waals surface area contributed by atoms with Crippen molar-refractivity contribution in [3.05, 3.63) is 24.0 Å². The SMILES string of the molecule is O=C(c1cccn1C1CCNCC1)C1CCCC1. The monoisotopic (exact) mass is 246 g/mol. The normalized spacial score (nSPS) is 22.4. The Balaban J connectivity index is 1.79. The summed E-state index contributed by atoms with van der Waals surface area (Å²) < 4.78 is 2.24. The van der Waals surface area contributed by atoms with Crippen molar-refractivity contribution in [3.63, 3.8) is 0 Å².